The Morgan fingerprint density at radius 1 is 1.11 bits per heavy atom. The number of thiocarbonyl (C=S) groups is 1. The van der Waals surface area contributed by atoms with Crippen LogP contribution in [0.2, 0.25) is 0 Å². The van der Waals surface area contributed by atoms with Gasteiger partial charge in [-0.05, 0) is 42.7 Å². The van der Waals surface area contributed by atoms with Crippen LogP contribution in [0.3, 0.4) is 0 Å². The highest BCUT2D eigenvalue weighted by Crippen LogP contribution is 2.33. The normalized spacial score (nSPS) is 14.1. The van der Waals surface area contributed by atoms with Crippen molar-refractivity contribution in [1.29, 1.82) is 0 Å². The third-order valence-electron chi connectivity index (χ3n) is 5.23. The lowest BCUT2D eigenvalue weighted by Gasteiger charge is -2.14. The summed E-state index contributed by atoms with van der Waals surface area (Å²) in [6, 6.07) is 12.8. The number of amides is 3. The van der Waals surface area contributed by atoms with Gasteiger partial charge in [0.2, 0.25) is 5.91 Å². The van der Waals surface area contributed by atoms with Gasteiger partial charge in [-0.15, -0.1) is 0 Å². The van der Waals surface area contributed by atoms with Crippen LogP contribution in [0.15, 0.2) is 53.4 Å². The molecule has 0 spiro atoms. The highest BCUT2D eigenvalue weighted by Gasteiger charge is 2.31. The minimum atomic E-state index is -0.771. The van der Waals surface area contributed by atoms with Crippen LogP contribution in [0.1, 0.15) is 41.6 Å². The van der Waals surface area contributed by atoms with Gasteiger partial charge in [0, 0.05) is 19.0 Å². The number of nitrogens with zero attached hydrogens (tertiary/aromatic N) is 2. The van der Waals surface area contributed by atoms with Crippen molar-refractivity contribution >= 4 is 57.8 Å². The molecule has 36 heavy (non-hydrogen) atoms. The van der Waals surface area contributed by atoms with Gasteiger partial charge in [0.1, 0.15) is 15.6 Å². The number of methoxy groups -OCH3 is 1. The van der Waals surface area contributed by atoms with Crippen LogP contribution in [-0.4, -0.2) is 45.5 Å². The van der Waals surface area contributed by atoms with E-state index in [2.05, 4.69) is 10.9 Å². The molecule has 1 heterocycles. The fourth-order valence-corrected chi connectivity index (χ4v) is 4.67. The predicted octanol–water partition coefficient (Wildman–Crippen LogP) is 3.83. The number of unbranched alkanes of at least 4 members (excludes halogenated alkanes) is 2. The van der Waals surface area contributed by atoms with E-state index in [1.807, 2.05) is 24.3 Å². The number of rotatable bonds is 10. The molecule has 1 saturated heterocycles. The molecule has 3 amide bonds. The summed E-state index contributed by atoms with van der Waals surface area (Å²) in [5.41, 5.74) is 4.83. The molecule has 0 aromatic heterocycles. The summed E-state index contributed by atoms with van der Waals surface area (Å²) in [6.07, 6.45) is 3.79. The maximum atomic E-state index is 12.7. The second-order valence-corrected chi connectivity index (χ2v) is 9.37. The predicted molar refractivity (Wildman–Crippen MR) is 140 cm³/mol. The van der Waals surface area contributed by atoms with E-state index in [1.54, 1.807) is 18.1 Å². The maximum absolute atomic E-state index is 12.7. The van der Waals surface area contributed by atoms with Crippen molar-refractivity contribution in [2.24, 2.45) is 0 Å². The number of nitro benzene ring substituents is 1. The van der Waals surface area contributed by atoms with Gasteiger partial charge >= 0.3 is 0 Å². The average molecular weight is 529 g/mol. The number of benzene rings is 2. The monoisotopic (exact) mass is 528 g/mol. The van der Waals surface area contributed by atoms with E-state index in [0.29, 0.717) is 35.0 Å². The fourth-order valence-electron chi connectivity index (χ4n) is 3.36. The summed E-state index contributed by atoms with van der Waals surface area (Å²) in [6.45, 7) is 0.445. The Morgan fingerprint density at radius 3 is 2.53 bits per heavy atom. The minimum absolute atomic E-state index is 0.142. The first-order chi connectivity index (χ1) is 17.3. The molecule has 2 N–H and O–H groups in total. The Kier molecular flexibility index (Phi) is 9.53. The smallest absolute Gasteiger partial charge is 0.282 e. The molecule has 0 radical (unpaired) electrons. The quantitative estimate of drug-likeness (QED) is 0.156. The van der Waals surface area contributed by atoms with E-state index in [0.717, 1.165) is 11.3 Å². The third kappa shape index (κ3) is 7.12. The van der Waals surface area contributed by atoms with Crippen LogP contribution in [0, 0.1) is 10.1 Å². The second-order valence-electron chi connectivity index (χ2n) is 7.69. The van der Waals surface area contributed by atoms with Crippen molar-refractivity contribution in [3.63, 3.8) is 0 Å². The van der Waals surface area contributed by atoms with Crippen LogP contribution >= 0.6 is 24.0 Å². The molecule has 0 atom stereocenters. The summed E-state index contributed by atoms with van der Waals surface area (Å²) in [4.78, 5) is 49.3. The van der Waals surface area contributed by atoms with Crippen molar-refractivity contribution < 1.29 is 24.0 Å². The molecule has 0 saturated carbocycles. The van der Waals surface area contributed by atoms with E-state index in [-0.39, 0.29) is 23.6 Å². The van der Waals surface area contributed by atoms with Crippen LogP contribution < -0.4 is 15.6 Å². The maximum Gasteiger partial charge on any atom is 0.282 e. The molecule has 0 bridgehead atoms. The van der Waals surface area contributed by atoms with Crippen LogP contribution in [0.25, 0.3) is 6.08 Å². The lowest BCUT2D eigenvalue weighted by Crippen LogP contribution is -2.41. The van der Waals surface area contributed by atoms with Crippen molar-refractivity contribution in [2.45, 2.75) is 25.7 Å². The van der Waals surface area contributed by atoms with Crippen LogP contribution in [-0.2, 0) is 9.59 Å². The lowest BCUT2D eigenvalue weighted by atomic mass is 10.1. The lowest BCUT2D eigenvalue weighted by molar-refractivity contribution is -0.385. The zero-order valence-corrected chi connectivity index (χ0v) is 21.0. The molecule has 10 nitrogen and oxygen atoms in total. The van der Waals surface area contributed by atoms with Gasteiger partial charge in [-0.25, -0.2) is 0 Å². The summed E-state index contributed by atoms with van der Waals surface area (Å²) >= 11 is 6.61. The molecule has 1 aliphatic heterocycles. The molecular formula is C24H24N4O6S2. The molecule has 2 aromatic carbocycles. The Morgan fingerprint density at radius 2 is 1.83 bits per heavy atom. The Balaban J connectivity index is 1.38. The van der Waals surface area contributed by atoms with Crippen molar-refractivity contribution in [3.8, 4) is 5.75 Å². The molecule has 1 fully saturated rings. The first kappa shape index (κ1) is 26.8. The Hall–Kier alpha value is -3.77. The zero-order chi connectivity index (χ0) is 26.1. The first-order valence-corrected chi connectivity index (χ1v) is 12.2. The van der Waals surface area contributed by atoms with Gasteiger partial charge in [0.25, 0.3) is 17.5 Å². The summed E-state index contributed by atoms with van der Waals surface area (Å²) in [5.74, 6) is -0.602. The van der Waals surface area contributed by atoms with E-state index in [4.69, 9.17) is 17.0 Å². The van der Waals surface area contributed by atoms with Crippen LogP contribution in [0.5, 0.6) is 5.75 Å². The largest absolute Gasteiger partial charge is 0.497 e. The molecule has 188 valence electrons. The van der Waals surface area contributed by atoms with Gasteiger partial charge in [0.15, 0.2) is 0 Å². The molecule has 12 heteroatoms. The SMILES string of the molecule is COc1ccc(C=C2SC(=S)N(CCCCCC(=O)NNC(=O)c3ccccc3[N+](=O)[O-])C2=O)cc1. The number of nitrogens with one attached hydrogen (secondary N) is 2. The number of carbonyl (C=O) groups is 3. The Labute approximate surface area is 217 Å². The topological polar surface area (TPSA) is 131 Å². The highest BCUT2D eigenvalue weighted by molar-refractivity contribution is 8.26. The number of carbonyl (C=O) groups excluding carboxylic acids is 3. The number of hydrogen-bond donors (Lipinski definition) is 2. The molecule has 3 rings (SSSR count). The average Bonchev–Trinajstić information content (AvgIpc) is 3.14. The summed E-state index contributed by atoms with van der Waals surface area (Å²) in [5, 5.41) is 11.0. The van der Waals surface area contributed by atoms with Crippen molar-refractivity contribution in [3.05, 3.63) is 74.7 Å². The minimum Gasteiger partial charge on any atom is -0.497 e. The number of nitro groups is 1. The number of hydrogen-bond acceptors (Lipinski definition) is 8. The van der Waals surface area contributed by atoms with Crippen molar-refractivity contribution in [1.82, 2.24) is 15.8 Å². The standard InChI is InChI=1S/C24H24N4O6S2/c1-34-17-12-10-16(11-13-17)15-20-23(31)27(24(35)36-20)14-6-2-3-9-21(29)25-26-22(30)18-7-4-5-8-19(18)28(32)33/h4-5,7-8,10-13,15H,2-3,6,9,14H2,1H3,(H,25,29)(H,26,30). The van der Waals surface area contributed by atoms with Crippen molar-refractivity contribution in [2.75, 3.05) is 13.7 Å². The summed E-state index contributed by atoms with van der Waals surface area (Å²) < 4.78 is 5.64. The van der Waals surface area contributed by atoms with Gasteiger partial charge in [-0.2, -0.15) is 0 Å². The third-order valence-corrected chi connectivity index (χ3v) is 6.61. The van der Waals surface area contributed by atoms with E-state index < -0.39 is 16.7 Å². The number of hydrazine groups is 1. The number of thioether (sulfide) groups is 1. The van der Waals surface area contributed by atoms with Gasteiger partial charge in [-0.1, -0.05) is 54.7 Å². The van der Waals surface area contributed by atoms with E-state index in [1.165, 1.54) is 36.0 Å². The van der Waals surface area contributed by atoms with Crippen LogP contribution in [0.4, 0.5) is 5.69 Å². The zero-order valence-electron chi connectivity index (χ0n) is 19.4. The molecule has 1 aliphatic rings. The second kappa shape index (κ2) is 12.8. The molecular weight excluding hydrogens is 504 g/mol. The van der Waals surface area contributed by atoms with E-state index >= 15 is 0 Å². The van der Waals surface area contributed by atoms with E-state index in [9.17, 15) is 24.5 Å². The molecule has 0 aliphatic carbocycles. The highest BCUT2D eigenvalue weighted by atomic mass is 32.2. The molecule has 2 aromatic rings. The van der Waals surface area contributed by atoms with Gasteiger partial charge in [0.05, 0.1) is 16.9 Å². The molecule has 0 unspecified atom stereocenters. The number of para-hydroxylation sites is 1. The fraction of sp³-hybridized carbons (Fsp3) is 0.250. The first-order valence-electron chi connectivity index (χ1n) is 11.0. The summed E-state index contributed by atoms with van der Waals surface area (Å²) in [7, 11) is 1.59. The number of ether oxygens (including phenoxy) is 1. The van der Waals surface area contributed by atoms with Gasteiger partial charge in [-0.3, -0.25) is 40.2 Å². The van der Waals surface area contributed by atoms with Gasteiger partial charge < -0.3 is 4.74 Å². The Bertz CT molecular complexity index is 1200.